The molecule has 1 atom stereocenters. The minimum absolute atomic E-state index is 0.0437. The first kappa shape index (κ1) is 20.9. The smallest absolute Gasteiger partial charge is 0.258 e. The molecule has 0 aliphatic carbocycles. The second-order valence-electron chi connectivity index (χ2n) is 7.30. The number of amides is 1. The molecule has 1 unspecified atom stereocenters. The van der Waals surface area contributed by atoms with Crippen LogP contribution in [-0.2, 0) is 11.3 Å². The van der Waals surface area contributed by atoms with E-state index in [4.69, 9.17) is 21.3 Å². The molecule has 4 aromatic rings. The average molecular weight is 434 g/mol. The molecule has 0 aliphatic heterocycles. The van der Waals surface area contributed by atoms with Crippen molar-refractivity contribution in [1.29, 1.82) is 0 Å². The fourth-order valence-electron chi connectivity index (χ4n) is 3.55. The van der Waals surface area contributed by atoms with Crippen molar-refractivity contribution in [2.45, 2.75) is 25.9 Å². The topological polar surface area (TPSA) is 56.1 Å². The maximum atomic E-state index is 12.6. The fraction of sp³-hybridized carbons (Fsp3) is 0.200. The lowest BCUT2D eigenvalue weighted by atomic mass is 10.2. The van der Waals surface area contributed by atoms with Crippen LogP contribution in [0.5, 0.6) is 5.75 Å². The van der Waals surface area contributed by atoms with Crippen LogP contribution in [-0.4, -0.2) is 22.1 Å². The van der Waals surface area contributed by atoms with Gasteiger partial charge in [0.15, 0.2) is 6.61 Å². The molecule has 1 heterocycles. The lowest BCUT2D eigenvalue weighted by Crippen LogP contribution is -2.34. The van der Waals surface area contributed by atoms with E-state index in [0.717, 1.165) is 22.4 Å². The Labute approximate surface area is 186 Å². The van der Waals surface area contributed by atoms with E-state index in [-0.39, 0.29) is 18.6 Å². The summed E-state index contributed by atoms with van der Waals surface area (Å²) in [6, 6.07) is 24.9. The number of para-hydroxylation sites is 3. The van der Waals surface area contributed by atoms with E-state index in [1.807, 2.05) is 79.7 Å². The largest absolute Gasteiger partial charge is 0.484 e. The van der Waals surface area contributed by atoms with Crippen LogP contribution in [0.2, 0.25) is 5.02 Å². The Morgan fingerprint density at radius 3 is 2.48 bits per heavy atom. The molecule has 0 aliphatic rings. The van der Waals surface area contributed by atoms with E-state index in [1.54, 1.807) is 0 Å². The van der Waals surface area contributed by atoms with Gasteiger partial charge in [-0.2, -0.15) is 0 Å². The highest BCUT2D eigenvalue weighted by atomic mass is 35.5. The van der Waals surface area contributed by atoms with E-state index in [1.165, 1.54) is 0 Å². The number of carbonyl (C=O) groups excluding carboxylic acids is 1. The Hall–Kier alpha value is -3.31. The second kappa shape index (κ2) is 9.67. The molecular formula is C25H24ClN3O2. The number of hydrogen-bond donors (Lipinski definition) is 1. The van der Waals surface area contributed by atoms with Crippen molar-refractivity contribution < 1.29 is 9.53 Å². The van der Waals surface area contributed by atoms with Crippen LogP contribution in [0.4, 0.5) is 0 Å². The average Bonchev–Trinajstić information content (AvgIpc) is 3.16. The van der Waals surface area contributed by atoms with E-state index in [2.05, 4.69) is 16.0 Å². The maximum absolute atomic E-state index is 12.6. The van der Waals surface area contributed by atoms with Gasteiger partial charge in [0, 0.05) is 11.6 Å². The molecule has 0 saturated carbocycles. The zero-order chi connectivity index (χ0) is 21.6. The molecule has 0 radical (unpaired) electrons. The van der Waals surface area contributed by atoms with E-state index in [9.17, 15) is 4.79 Å². The lowest BCUT2D eigenvalue weighted by Gasteiger charge is -2.19. The number of hydrogen-bond acceptors (Lipinski definition) is 3. The number of fused-ring (bicyclic) bond motifs is 1. The first-order valence-electron chi connectivity index (χ1n) is 10.3. The zero-order valence-electron chi connectivity index (χ0n) is 17.3. The van der Waals surface area contributed by atoms with Gasteiger partial charge in [0.2, 0.25) is 0 Å². The van der Waals surface area contributed by atoms with Gasteiger partial charge in [0.05, 0.1) is 17.1 Å². The molecule has 1 amide bonds. The summed E-state index contributed by atoms with van der Waals surface area (Å²) in [5.74, 6) is 1.31. The summed E-state index contributed by atoms with van der Waals surface area (Å²) in [5, 5.41) is 3.79. The molecule has 1 N–H and O–H groups in total. The molecule has 1 aromatic heterocycles. The number of nitrogens with zero attached hydrogens (tertiary/aromatic N) is 2. The first-order chi connectivity index (χ1) is 15.1. The van der Waals surface area contributed by atoms with Gasteiger partial charge in [-0.1, -0.05) is 61.0 Å². The highest BCUT2D eigenvalue weighted by Crippen LogP contribution is 2.24. The first-order valence-corrected chi connectivity index (χ1v) is 10.7. The number of imidazole rings is 1. The van der Waals surface area contributed by atoms with Crippen molar-refractivity contribution in [2.24, 2.45) is 0 Å². The maximum Gasteiger partial charge on any atom is 0.258 e. The van der Waals surface area contributed by atoms with Crippen LogP contribution in [0, 0.1) is 0 Å². The van der Waals surface area contributed by atoms with Crippen LogP contribution in [0.25, 0.3) is 11.0 Å². The van der Waals surface area contributed by atoms with Gasteiger partial charge in [-0.15, -0.1) is 0 Å². The van der Waals surface area contributed by atoms with Crippen LogP contribution in [0.15, 0.2) is 78.9 Å². The van der Waals surface area contributed by atoms with Gasteiger partial charge in [0.25, 0.3) is 5.91 Å². The molecule has 6 heteroatoms. The minimum atomic E-state index is -0.230. The highest BCUT2D eigenvalue weighted by Gasteiger charge is 2.21. The predicted molar refractivity (Wildman–Crippen MR) is 123 cm³/mol. The molecule has 0 spiro atoms. The van der Waals surface area contributed by atoms with Crippen molar-refractivity contribution >= 4 is 28.5 Å². The third-order valence-corrected chi connectivity index (χ3v) is 5.36. The number of halogens is 1. The summed E-state index contributed by atoms with van der Waals surface area (Å²) in [6.07, 6.45) is 0.709. The Kier molecular flexibility index (Phi) is 6.53. The normalized spacial score (nSPS) is 11.9. The van der Waals surface area contributed by atoms with Crippen LogP contribution in [0.1, 0.15) is 30.8 Å². The Bertz CT molecular complexity index is 1160. The standard InChI is InChI=1S/C25H24ClN3O2/c1-2-21(27-24(30)17-31-20-8-4-3-5-9-20)25-28-22-10-6-7-11-23(22)29(25)16-18-12-14-19(26)15-13-18/h3-15,21H,2,16-17H2,1H3,(H,27,30). The third kappa shape index (κ3) is 5.06. The molecule has 3 aromatic carbocycles. The Morgan fingerprint density at radius 2 is 1.74 bits per heavy atom. The summed E-state index contributed by atoms with van der Waals surface area (Å²) < 4.78 is 7.75. The summed E-state index contributed by atoms with van der Waals surface area (Å²) in [7, 11) is 0. The zero-order valence-corrected chi connectivity index (χ0v) is 18.0. The van der Waals surface area contributed by atoms with Gasteiger partial charge in [-0.3, -0.25) is 4.79 Å². The quantitative estimate of drug-likeness (QED) is 0.405. The summed E-state index contributed by atoms with van der Waals surface area (Å²) in [6.45, 7) is 2.63. The third-order valence-electron chi connectivity index (χ3n) is 5.11. The van der Waals surface area contributed by atoms with Crippen LogP contribution >= 0.6 is 11.6 Å². The molecule has 158 valence electrons. The molecule has 0 saturated heterocycles. The number of carbonyl (C=O) groups is 1. The monoisotopic (exact) mass is 433 g/mol. The van der Waals surface area contributed by atoms with Crippen LogP contribution < -0.4 is 10.1 Å². The molecule has 31 heavy (non-hydrogen) atoms. The summed E-state index contributed by atoms with van der Waals surface area (Å²) in [4.78, 5) is 17.4. The molecule has 4 rings (SSSR count). The van der Waals surface area contributed by atoms with E-state index < -0.39 is 0 Å². The fourth-order valence-corrected chi connectivity index (χ4v) is 3.68. The van der Waals surface area contributed by atoms with Gasteiger partial charge < -0.3 is 14.6 Å². The number of benzene rings is 3. The van der Waals surface area contributed by atoms with Gasteiger partial charge in [0.1, 0.15) is 11.6 Å². The van der Waals surface area contributed by atoms with Gasteiger partial charge >= 0.3 is 0 Å². The molecule has 5 nitrogen and oxygen atoms in total. The van der Waals surface area contributed by atoms with Crippen molar-refractivity contribution in [3.8, 4) is 5.75 Å². The Morgan fingerprint density at radius 1 is 1.03 bits per heavy atom. The lowest BCUT2D eigenvalue weighted by molar-refractivity contribution is -0.124. The van der Waals surface area contributed by atoms with E-state index in [0.29, 0.717) is 23.7 Å². The van der Waals surface area contributed by atoms with Crippen molar-refractivity contribution in [3.05, 3.63) is 95.3 Å². The summed E-state index contributed by atoms with van der Waals surface area (Å²) >= 11 is 6.05. The van der Waals surface area contributed by atoms with Crippen molar-refractivity contribution in [2.75, 3.05) is 6.61 Å². The van der Waals surface area contributed by atoms with Crippen molar-refractivity contribution in [1.82, 2.24) is 14.9 Å². The minimum Gasteiger partial charge on any atom is -0.484 e. The number of ether oxygens (including phenoxy) is 1. The molecule has 0 bridgehead atoms. The highest BCUT2D eigenvalue weighted by molar-refractivity contribution is 6.30. The van der Waals surface area contributed by atoms with Crippen molar-refractivity contribution in [3.63, 3.8) is 0 Å². The summed E-state index contributed by atoms with van der Waals surface area (Å²) in [5.41, 5.74) is 3.04. The second-order valence-corrected chi connectivity index (χ2v) is 7.74. The van der Waals surface area contributed by atoms with Gasteiger partial charge in [-0.05, 0) is 48.4 Å². The Balaban J connectivity index is 1.57. The van der Waals surface area contributed by atoms with Crippen LogP contribution in [0.3, 0.4) is 0 Å². The number of rotatable bonds is 8. The van der Waals surface area contributed by atoms with E-state index >= 15 is 0 Å². The number of nitrogens with one attached hydrogen (secondary N) is 1. The number of aromatic nitrogens is 2. The van der Waals surface area contributed by atoms with Gasteiger partial charge in [-0.25, -0.2) is 4.98 Å². The predicted octanol–water partition coefficient (Wildman–Crippen LogP) is 5.38. The SMILES string of the molecule is CCC(NC(=O)COc1ccccc1)c1nc2ccccc2n1Cc1ccc(Cl)cc1. The molecular weight excluding hydrogens is 410 g/mol. The molecule has 0 fully saturated rings.